The van der Waals surface area contributed by atoms with Crippen LogP contribution in [0.2, 0.25) is 0 Å². The van der Waals surface area contributed by atoms with Gasteiger partial charge in [-0.1, -0.05) is 0 Å². The van der Waals surface area contributed by atoms with E-state index >= 15 is 0 Å². The lowest BCUT2D eigenvalue weighted by atomic mass is 10.1. The summed E-state index contributed by atoms with van der Waals surface area (Å²) in [6, 6.07) is -0.113. The highest BCUT2D eigenvalue weighted by atomic mass is 32.1. The maximum atomic E-state index is 11.9. The third kappa shape index (κ3) is 2.49. The zero-order valence-corrected chi connectivity index (χ0v) is 11.6. The van der Waals surface area contributed by atoms with E-state index in [4.69, 9.17) is 0 Å². The number of imidazole rings is 1. The molecule has 1 atom stereocenters. The molecule has 6 nitrogen and oxygen atoms in total. The molecule has 1 aliphatic heterocycles. The first kappa shape index (κ1) is 12.6. The van der Waals surface area contributed by atoms with Crippen molar-refractivity contribution >= 4 is 22.2 Å². The van der Waals surface area contributed by atoms with Crippen LogP contribution in [0.15, 0.2) is 17.8 Å². The van der Waals surface area contributed by atoms with Gasteiger partial charge in [0.15, 0.2) is 4.96 Å². The standard InChI is InChI=1S/C12H17N5OS/c1-13-11(18)10-6-14-2-3-16(10)7-9-8-17-4-5-19-12(17)15-9/h4-5,8,10,14H,2-3,6-7H2,1H3,(H,13,18). The van der Waals surface area contributed by atoms with E-state index < -0.39 is 0 Å². The second-order valence-corrected chi connectivity index (χ2v) is 5.50. The van der Waals surface area contributed by atoms with E-state index in [0.29, 0.717) is 13.1 Å². The van der Waals surface area contributed by atoms with Gasteiger partial charge in [-0.15, -0.1) is 11.3 Å². The summed E-state index contributed by atoms with van der Waals surface area (Å²) in [4.78, 5) is 19.6. The molecule has 0 radical (unpaired) electrons. The van der Waals surface area contributed by atoms with Crippen LogP contribution < -0.4 is 10.6 Å². The largest absolute Gasteiger partial charge is 0.358 e. The highest BCUT2D eigenvalue weighted by Crippen LogP contribution is 2.14. The minimum Gasteiger partial charge on any atom is -0.358 e. The molecule has 1 aliphatic rings. The van der Waals surface area contributed by atoms with Crippen molar-refractivity contribution in [2.75, 3.05) is 26.7 Å². The molecule has 1 fully saturated rings. The second kappa shape index (κ2) is 5.28. The summed E-state index contributed by atoms with van der Waals surface area (Å²) >= 11 is 1.62. The van der Waals surface area contributed by atoms with Gasteiger partial charge in [-0.05, 0) is 0 Å². The number of likely N-dealkylation sites (N-methyl/N-ethyl adjacent to an activating group) is 1. The lowest BCUT2D eigenvalue weighted by Crippen LogP contribution is -2.56. The first-order chi connectivity index (χ1) is 9.28. The summed E-state index contributed by atoms with van der Waals surface area (Å²) in [7, 11) is 1.68. The molecule has 1 unspecified atom stereocenters. The van der Waals surface area contributed by atoms with Gasteiger partial charge in [-0.2, -0.15) is 0 Å². The number of aromatic nitrogens is 2. The molecule has 2 aromatic rings. The van der Waals surface area contributed by atoms with Crippen LogP contribution in [0.3, 0.4) is 0 Å². The Morgan fingerprint density at radius 2 is 2.58 bits per heavy atom. The lowest BCUT2D eigenvalue weighted by molar-refractivity contribution is -0.126. The van der Waals surface area contributed by atoms with Crippen molar-refractivity contribution in [2.24, 2.45) is 0 Å². The van der Waals surface area contributed by atoms with E-state index in [-0.39, 0.29) is 11.9 Å². The summed E-state index contributed by atoms with van der Waals surface area (Å²) < 4.78 is 2.02. The number of hydrogen-bond acceptors (Lipinski definition) is 5. The van der Waals surface area contributed by atoms with Gasteiger partial charge in [0.1, 0.15) is 6.04 Å². The number of fused-ring (bicyclic) bond motifs is 1. The molecule has 0 spiro atoms. The number of thiazole rings is 1. The number of rotatable bonds is 3. The van der Waals surface area contributed by atoms with Crippen LogP contribution in [-0.4, -0.2) is 52.9 Å². The molecule has 1 amide bonds. The highest BCUT2D eigenvalue weighted by Gasteiger charge is 2.28. The second-order valence-electron chi connectivity index (χ2n) is 4.63. The highest BCUT2D eigenvalue weighted by molar-refractivity contribution is 7.15. The van der Waals surface area contributed by atoms with Crippen LogP contribution in [0.1, 0.15) is 5.69 Å². The third-order valence-electron chi connectivity index (χ3n) is 3.41. The Hall–Kier alpha value is -1.44. The van der Waals surface area contributed by atoms with Crippen LogP contribution in [0.25, 0.3) is 4.96 Å². The maximum Gasteiger partial charge on any atom is 0.238 e. The molecule has 0 bridgehead atoms. The topological polar surface area (TPSA) is 61.7 Å². The van der Waals surface area contributed by atoms with Crippen LogP contribution in [0.5, 0.6) is 0 Å². The van der Waals surface area contributed by atoms with Crippen LogP contribution in [-0.2, 0) is 11.3 Å². The summed E-state index contributed by atoms with van der Waals surface area (Å²) in [6.07, 6.45) is 4.04. The van der Waals surface area contributed by atoms with Crippen molar-refractivity contribution in [3.8, 4) is 0 Å². The average Bonchev–Trinajstić information content (AvgIpc) is 2.99. The zero-order chi connectivity index (χ0) is 13.2. The molecule has 7 heteroatoms. The molecule has 1 saturated heterocycles. The van der Waals surface area contributed by atoms with Gasteiger partial charge in [0, 0.05) is 51.0 Å². The van der Waals surface area contributed by atoms with Crippen molar-refractivity contribution < 1.29 is 4.79 Å². The van der Waals surface area contributed by atoms with Gasteiger partial charge in [0.25, 0.3) is 0 Å². The maximum absolute atomic E-state index is 11.9. The quantitative estimate of drug-likeness (QED) is 0.825. The number of hydrogen-bond donors (Lipinski definition) is 2. The fourth-order valence-corrected chi connectivity index (χ4v) is 3.14. The van der Waals surface area contributed by atoms with E-state index in [2.05, 4.69) is 20.5 Å². The average molecular weight is 279 g/mol. The van der Waals surface area contributed by atoms with Gasteiger partial charge in [-0.3, -0.25) is 14.1 Å². The van der Waals surface area contributed by atoms with Crippen LogP contribution in [0, 0.1) is 0 Å². The molecule has 19 heavy (non-hydrogen) atoms. The first-order valence-electron chi connectivity index (χ1n) is 6.35. The fraction of sp³-hybridized carbons (Fsp3) is 0.500. The van der Waals surface area contributed by atoms with E-state index in [0.717, 1.165) is 23.7 Å². The zero-order valence-electron chi connectivity index (χ0n) is 10.8. The van der Waals surface area contributed by atoms with Crippen molar-refractivity contribution in [3.63, 3.8) is 0 Å². The number of carbonyl (C=O) groups is 1. The van der Waals surface area contributed by atoms with Gasteiger partial charge >= 0.3 is 0 Å². The molecule has 2 aromatic heterocycles. The van der Waals surface area contributed by atoms with Gasteiger partial charge in [0.05, 0.1) is 5.69 Å². The molecule has 0 aromatic carbocycles. The van der Waals surface area contributed by atoms with Crippen molar-refractivity contribution in [1.29, 1.82) is 0 Å². The molecule has 3 heterocycles. The van der Waals surface area contributed by atoms with Crippen molar-refractivity contribution in [2.45, 2.75) is 12.6 Å². The molecule has 102 valence electrons. The first-order valence-corrected chi connectivity index (χ1v) is 7.23. The lowest BCUT2D eigenvalue weighted by Gasteiger charge is -2.34. The molecule has 2 N–H and O–H groups in total. The van der Waals surface area contributed by atoms with E-state index in [1.807, 2.05) is 22.2 Å². The van der Waals surface area contributed by atoms with Gasteiger partial charge in [0.2, 0.25) is 5.91 Å². The fourth-order valence-electron chi connectivity index (χ4n) is 2.42. The predicted molar refractivity (Wildman–Crippen MR) is 74.2 cm³/mol. The summed E-state index contributed by atoms with van der Waals surface area (Å²) in [5.74, 6) is 0.0632. The van der Waals surface area contributed by atoms with E-state index in [9.17, 15) is 4.79 Å². The number of nitrogens with one attached hydrogen (secondary N) is 2. The molecule has 0 saturated carbocycles. The van der Waals surface area contributed by atoms with E-state index in [1.165, 1.54) is 0 Å². The Bertz CT molecular complexity index is 549. The normalized spacial score (nSPS) is 20.8. The van der Waals surface area contributed by atoms with Gasteiger partial charge in [-0.25, -0.2) is 4.98 Å². The molecule has 0 aliphatic carbocycles. The summed E-state index contributed by atoms with van der Waals surface area (Å²) in [5, 5.41) is 8.01. The predicted octanol–water partition coefficient (Wildman–Crippen LogP) is -0.0844. The Balaban J connectivity index is 1.76. The smallest absolute Gasteiger partial charge is 0.238 e. The van der Waals surface area contributed by atoms with Gasteiger partial charge < -0.3 is 10.6 Å². The number of amides is 1. The van der Waals surface area contributed by atoms with Crippen molar-refractivity contribution in [3.05, 3.63) is 23.5 Å². The van der Waals surface area contributed by atoms with E-state index in [1.54, 1.807) is 18.4 Å². The van der Waals surface area contributed by atoms with Crippen LogP contribution >= 0.6 is 11.3 Å². The number of carbonyl (C=O) groups excluding carboxylic acids is 1. The van der Waals surface area contributed by atoms with Crippen LogP contribution in [0.4, 0.5) is 0 Å². The van der Waals surface area contributed by atoms with Crippen molar-refractivity contribution in [1.82, 2.24) is 24.9 Å². The third-order valence-corrected chi connectivity index (χ3v) is 4.18. The molecular formula is C12H17N5OS. The Kier molecular flexibility index (Phi) is 3.50. The minimum atomic E-state index is -0.113. The Morgan fingerprint density at radius 1 is 1.68 bits per heavy atom. The number of piperazine rings is 1. The molecule has 3 rings (SSSR count). The monoisotopic (exact) mass is 279 g/mol. The minimum absolute atomic E-state index is 0.0632. The molecular weight excluding hydrogens is 262 g/mol. The number of nitrogens with zero attached hydrogens (tertiary/aromatic N) is 3. The summed E-state index contributed by atoms with van der Waals surface area (Å²) in [6.45, 7) is 3.19. The SMILES string of the molecule is CNC(=O)C1CNCCN1Cc1cn2ccsc2n1. The Labute approximate surface area is 115 Å². The summed E-state index contributed by atoms with van der Waals surface area (Å²) in [5.41, 5.74) is 1.02. The Morgan fingerprint density at radius 3 is 3.37 bits per heavy atom.